The third-order valence-electron chi connectivity index (χ3n) is 4.77. The van der Waals surface area contributed by atoms with Crippen LogP contribution in [0.2, 0.25) is 0 Å². The van der Waals surface area contributed by atoms with E-state index < -0.39 is 0 Å². The zero-order chi connectivity index (χ0) is 18.4. The van der Waals surface area contributed by atoms with Gasteiger partial charge in [0.25, 0.3) is 0 Å². The van der Waals surface area contributed by atoms with E-state index >= 15 is 0 Å². The van der Waals surface area contributed by atoms with Gasteiger partial charge in [-0.2, -0.15) is 0 Å². The Hall–Kier alpha value is -2.56. The predicted molar refractivity (Wildman–Crippen MR) is 101 cm³/mol. The number of hydrogen-bond acceptors (Lipinski definition) is 4. The van der Waals surface area contributed by atoms with Gasteiger partial charge >= 0.3 is 0 Å². The van der Waals surface area contributed by atoms with Crippen LogP contribution in [0.5, 0.6) is 11.5 Å². The first-order valence-electron chi connectivity index (χ1n) is 9.14. The third kappa shape index (κ3) is 4.97. The summed E-state index contributed by atoms with van der Waals surface area (Å²) in [5.74, 6) is 1.86. The number of likely N-dealkylation sites (tertiary alicyclic amines) is 1. The van der Waals surface area contributed by atoms with Crippen molar-refractivity contribution in [1.82, 2.24) is 9.88 Å². The molecular weight excluding hydrogens is 328 g/mol. The molecule has 5 heteroatoms. The number of methoxy groups -OCH3 is 1. The summed E-state index contributed by atoms with van der Waals surface area (Å²) < 4.78 is 11.1. The SMILES string of the molecule is COc1ccc(CCC(=O)N2CCC(Oc3ccc(C)nc3)CC2)cc1. The largest absolute Gasteiger partial charge is 0.497 e. The molecule has 1 amide bonds. The maximum absolute atomic E-state index is 12.4. The smallest absolute Gasteiger partial charge is 0.222 e. The van der Waals surface area contributed by atoms with Crippen molar-refractivity contribution in [3.8, 4) is 11.5 Å². The lowest BCUT2D eigenvalue weighted by Crippen LogP contribution is -2.41. The van der Waals surface area contributed by atoms with Gasteiger partial charge in [0, 0.05) is 38.0 Å². The van der Waals surface area contributed by atoms with Gasteiger partial charge < -0.3 is 14.4 Å². The van der Waals surface area contributed by atoms with Crippen LogP contribution in [0.3, 0.4) is 0 Å². The van der Waals surface area contributed by atoms with Crippen molar-refractivity contribution in [2.45, 2.75) is 38.7 Å². The molecule has 0 unspecified atom stereocenters. The highest BCUT2D eigenvalue weighted by atomic mass is 16.5. The molecule has 1 fully saturated rings. The number of ether oxygens (including phenoxy) is 2. The molecule has 0 radical (unpaired) electrons. The Balaban J connectivity index is 1.42. The van der Waals surface area contributed by atoms with Crippen molar-refractivity contribution < 1.29 is 14.3 Å². The van der Waals surface area contributed by atoms with Crippen LogP contribution in [-0.4, -0.2) is 42.1 Å². The first kappa shape index (κ1) is 18.2. The molecule has 2 heterocycles. The van der Waals surface area contributed by atoms with Crippen molar-refractivity contribution >= 4 is 5.91 Å². The van der Waals surface area contributed by atoms with Crippen molar-refractivity contribution in [3.63, 3.8) is 0 Å². The monoisotopic (exact) mass is 354 g/mol. The molecule has 0 bridgehead atoms. The summed E-state index contributed by atoms with van der Waals surface area (Å²) in [6, 6.07) is 11.8. The average Bonchev–Trinajstić information content (AvgIpc) is 2.69. The average molecular weight is 354 g/mol. The van der Waals surface area contributed by atoms with Crippen LogP contribution in [0.15, 0.2) is 42.6 Å². The van der Waals surface area contributed by atoms with E-state index in [0.29, 0.717) is 6.42 Å². The molecule has 0 atom stereocenters. The molecular formula is C21H26N2O3. The number of piperidine rings is 1. The number of carbonyl (C=O) groups is 1. The molecule has 1 aromatic carbocycles. The number of aromatic nitrogens is 1. The zero-order valence-electron chi connectivity index (χ0n) is 15.5. The Morgan fingerprint density at radius 2 is 1.81 bits per heavy atom. The van der Waals surface area contributed by atoms with Gasteiger partial charge in [0.15, 0.2) is 0 Å². The molecule has 26 heavy (non-hydrogen) atoms. The molecule has 1 saturated heterocycles. The highest BCUT2D eigenvalue weighted by Crippen LogP contribution is 2.19. The van der Waals surface area contributed by atoms with Crippen molar-refractivity contribution in [2.24, 2.45) is 0 Å². The van der Waals surface area contributed by atoms with Gasteiger partial charge in [0.05, 0.1) is 13.3 Å². The van der Waals surface area contributed by atoms with Gasteiger partial charge in [-0.1, -0.05) is 12.1 Å². The second-order valence-electron chi connectivity index (χ2n) is 6.68. The number of amides is 1. The summed E-state index contributed by atoms with van der Waals surface area (Å²) in [4.78, 5) is 18.7. The van der Waals surface area contributed by atoms with Crippen LogP contribution < -0.4 is 9.47 Å². The second kappa shape index (κ2) is 8.70. The van der Waals surface area contributed by atoms with Crippen molar-refractivity contribution in [1.29, 1.82) is 0 Å². The van der Waals surface area contributed by atoms with Gasteiger partial charge in [-0.3, -0.25) is 9.78 Å². The first-order chi connectivity index (χ1) is 12.6. The Kier molecular flexibility index (Phi) is 6.10. The van der Waals surface area contributed by atoms with E-state index in [0.717, 1.165) is 55.1 Å². The summed E-state index contributed by atoms with van der Waals surface area (Å²) in [7, 11) is 1.65. The molecule has 0 saturated carbocycles. The fourth-order valence-corrected chi connectivity index (χ4v) is 3.14. The Morgan fingerprint density at radius 1 is 1.12 bits per heavy atom. The topological polar surface area (TPSA) is 51.7 Å². The summed E-state index contributed by atoms with van der Waals surface area (Å²) in [5, 5.41) is 0. The second-order valence-corrected chi connectivity index (χ2v) is 6.68. The maximum Gasteiger partial charge on any atom is 0.222 e. The van der Waals surface area contributed by atoms with Crippen LogP contribution in [0.4, 0.5) is 0 Å². The van der Waals surface area contributed by atoms with E-state index in [1.54, 1.807) is 13.3 Å². The lowest BCUT2D eigenvalue weighted by Gasteiger charge is -2.32. The fraction of sp³-hybridized carbons (Fsp3) is 0.429. The van der Waals surface area contributed by atoms with Gasteiger partial charge in [0.2, 0.25) is 5.91 Å². The first-order valence-corrected chi connectivity index (χ1v) is 9.14. The van der Waals surface area contributed by atoms with Crippen LogP contribution in [-0.2, 0) is 11.2 Å². The van der Waals surface area contributed by atoms with Crippen LogP contribution in [0, 0.1) is 6.92 Å². The zero-order valence-corrected chi connectivity index (χ0v) is 15.5. The number of rotatable bonds is 6. The number of carbonyl (C=O) groups excluding carboxylic acids is 1. The van der Waals surface area contributed by atoms with Gasteiger partial charge in [0.1, 0.15) is 17.6 Å². The predicted octanol–water partition coefficient (Wildman–Crippen LogP) is 3.40. The molecule has 2 aromatic rings. The van der Waals surface area contributed by atoms with E-state index in [9.17, 15) is 4.79 Å². The van der Waals surface area contributed by atoms with Crippen LogP contribution >= 0.6 is 0 Å². The molecule has 1 aliphatic heterocycles. The number of hydrogen-bond donors (Lipinski definition) is 0. The Bertz CT molecular complexity index is 705. The van der Waals surface area contributed by atoms with Gasteiger partial charge in [-0.05, 0) is 43.2 Å². The molecule has 0 aliphatic carbocycles. The summed E-state index contributed by atoms with van der Waals surface area (Å²) >= 11 is 0. The van der Waals surface area contributed by atoms with E-state index in [1.807, 2.05) is 48.2 Å². The van der Waals surface area contributed by atoms with Crippen LogP contribution in [0.1, 0.15) is 30.5 Å². The molecule has 0 N–H and O–H groups in total. The number of nitrogens with zero attached hydrogens (tertiary/aromatic N) is 2. The molecule has 138 valence electrons. The number of pyridine rings is 1. The number of aryl methyl sites for hydroxylation is 2. The minimum atomic E-state index is 0.158. The van der Waals surface area contributed by atoms with E-state index in [4.69, 9.17) is 9.47 Å². The normalized spacial score (nSPS) is 14.9. The lowest BCUT2D eigenvalue weighted by atomic mass is 10.1. The van der Waals surface area contributed by atoms with E-state index in [-0.39, 0.29) is 12.0 Å². The highest BCUT2D eigenvalue weighted by molar-refractivity contribution is 5.76. The standard InChI is InChI=1S/C21H26N2O3/c1-16-3-7-20(15-22-16)26-19-11-13-23(14-12-19)21(24)10-6-17-4-8-18(25-2)9-5-17/h3-5,7-9,15,19H,6,10-14H2,1-2H3. The molecule has 1 aromatic heterocycles. The molecule has 3 rings (SSSR count). The van der Waals surface area contributed by atoms with Gasteiger partial charge in [-0.15, -0.1) is 0 Å². The lowest BCUT2D eigenvalue weighted by molar-refractivity contribution is -0.132. The highest BCUT2D eigenvalue weighted by Gasteiger charge is 2.23. The minimum absolute atomic E-state index is 0.158. The van der Waals surface area contributed by atoms with Crippen molar-refractivity contribution in [3.05, 3.63) is 53.9 Å². The quantitative estimate of drug-likeness (QED) is 0.798. The molecule has 1 aliphatic rings. The van der Waals surface area contributed by atoms with E-state index in [1.165, 1.54) is 0 Å². The number of benzene rings is 1. The van der Waals surface area contributed by atoms with E-state index in [2.05, 4.69) is 4.98 Å². The van der Waals surface area contributed by atoms with Gasteiger partial charge in [-0.25, -0.2) is 0 Å². The third-order valence-corrected chi connectivity index (χ3v) is 4.77. The molecule has 0 spiro atoms. The fourth-order valence-electron chi connectivity index (χ4n) is 3.14. The van der Waals surface area contributed by atoms with Crippen LogP contribution in [0.25, 0.3) is 0 Å². The van der Waals surface area contributed by atoms with Crippen molar-refractivity contribution in [2.75, 3.05) is 20.2 Å². The molecule has 5 nitrogen and oxygen atoms in total. The summed E-state index contributed by atoms with van der Waals surface area (Å²) in [5.41, 5.74) is 2.14. The Morgan fingerprint density at radius 3 is 2.42 bits per heavy atom. The summed E-state index contributed by atoms with van der Waals surface area (Å²) in [6.45, 7) is 3.47. The Labute approximate surface area is 155 Å². The summed E-state index contributed by atoms with van der Waals surface area (Å²) in [6.07, 6.45) is 4.95. The minimum Gasteiger partial charge on any atom is -0.497 e. The maximum atomic E-state index is 12.4.